The van der Waals surface area contributed by atoms with Crippen LogP contribution in [-0.2, 0) is 17.6 Å². The van der Waals surface area contributed by atoms with Gasteiger partial charge in [-0.1, -0.05) is 31.2 Å². The predicted octanol–water partition coefficient (Wildman–Crippen LogP) is 3.34. The largest absolute Gasteiger partial charge is 0.374 e. The highest BCUT2D eigenvalue weighted by Crippen LogP contribution is 2.29. The second-order valence-electron chi connectivity index (χ2n) is 5.83. The SMILES string of the molecule is CCc1ccc(CC(NC)C2(C)CCCCO2)cc1. The molecule has 2 rings (SSSR count). The summed E-state index contributed by atoms with van der Waals surface area (Å²) in [5, 5.41) is 3.46. The van der Waals surface area contributed by atoms with Crippen molar-refractivity contribution in [3.05, 3.63) is 35.4 Å². The van der Waals surface area contributed by atoms with E-state index in [1.165, 1.54) is 24.0 Å². The summed E-state index contributed by atoms with van der Waals surface area (Å²) in [6.45, 7) is 5.36. The van der Waals surface area contributed by atoms with Crippen molar-refractivity contribution in [1.29, 1.82) is 0 Å². The summed E-state index contributed by atoms with van der Waals surface area (Å²) < 4.78 is 6.07. The lowest BCUT2D eigenvalue weighted by Gasteiger charge is -2.40. The molecule has 0 aliphatic carbocycles. The molecule has 1 aliphatic heterocycles. The molecule has 1 saturated heterocycles. The molecule has 2 nitrogen and oxygen atoms in total. The maximum Gasteiger partial charge on any atom is 0.0809 e. The Labute approximate surface area is 117 Å². The van der Waals surface area contributed by atoms with Gasteiger partial charge >= 0.3 is 0 Å². The van der Waals surface area contributed by atoms with Crippen molar-refractivity contribution >= 4 is 0 Å². The number of hydrogen-bond donors (Lipinski definition) is 1. The van der Waals surface area contributed by atoms with Crippen molar-refractivity contribution in [1.82, 2.24) is 5.32 Å². The van der Waals surface area contributed by atoms with Gasteiger partial charge in [0.1, 0.15) is 0 Å². The Kier molecular flexibility index (Phi) is 5.00. The molecular weight excluding hydrogens is 234 g/mol. The second kappa shape index (κ2) is 6.53. The molecule has 1 fully saturated rings. The third kappa shape index (κ3) is 3.58. The Morgan fingerprint density at radius 3 is 2.42 bits per heavy atom. The van der Waals surface area contributed by atoms with Gasteiger partial charge in [0.15, 0.2) is 0 Å². The van der Waals surface area contributed by atoms with E-state index in [1.54, 1.807) is 0 Å². The monoisotopic (exact) mass is 261 g/mol. The fourth-order valence-electron chi connectivity index (χ4n) is 3.00. The smallest absolute Gasteiger partial charge is 0.0809 e. The molecule has 0 bridgehead atoms. The van der Waals surface area contributed by atoms with Gasteiger partial charge in [0, 0.05) is 12.6 Å². The first kappa shape index (κ1) is 14.5. The molecule has 1 aromatic rings. The predicted molar refractivity (Wildman–Crippen MR) is 80.6 cm³/mol. The van der Waals surface area contributed by atoms with Gasteiger partial charge in [-0.15, -0.1) is 0 Å². The molecule has 106 valence electrons. The quantitative estimate of drug-likeness (QED) is 0.877. The van der Waals surface area contributed by atoms with E-state index >= 15 is 0 Å². The van der Waals surface area contributed by atoms with Crippen molar-refractivity contribution in [3.8, 4) is 0 Å². The fourth-order valence-corrected chi connectivity index (χ4v) is 3.00. The molecule has 0 saturated carbocycles. The Hall–Kier alpha value is -0.860. The van der Waals surface area contributed by atoms with Crippen LogP contribution in [0.2, 0.25) is 0 Å². The van der Waals surface area contributed by atoms with Crippen molar-refractivity contribution in [3.63, 3.8) is 0 Å². The van der Waals surface area contributed by atoms with E-state index in [0.717, 1.165) is 25.9 Å². The molecule has 2 unspecified atom stereocenters. The normalized spacial score (nSPS) is 25.2. The Bertz CT molecular complexity index is 379. The van der Waals surface area contributed by atoms with Crippen LogP contribution in [0.15, 0.2) is 24.3 Å². The van der Waals surface area contributed by atoms with Crippen LogP contribution >= 0.6 is 0 Å². The molecule has 0 aromatic heterocycles. The van der Waals surface area contributed by atoms with E-state index in [4.69, 9.17) is 4.74 Å². The third-order valence-corrected chi connectivity index (χ3v) is 4.46. The molecule has 0 radical (unpaired) electrons. The van der Waals surface area contributed by atoms with E-state index < -0.39 is 0 Å². The van der Waals surface area contributed by atoms with Crippen LogP contribution in [0.4, 0.5) is 0 Å². The summed E-state index contributed by atoms with van der Waals surface area (Å²) in [7, 11) is 2.05. The topological polar surface area (TPSA) is 21.3 Å². The molecule has 1 aromatic carbocycles. The van der Waals surface area contributed by atoms with Crippen LogP contribution in [0.1, 0.15) is 44.2 Å². The van der Waals surface area contributed by atoms with Crippen molar-refractivity contribution in [2.75, 3.05) is 13.7 Å². The molecule has 19 heavy (non-hydrogen) atoms. The highest BCUT2D eigenvalue weighted by Gasteiger charge is 2.35. The highest BCUT2D eigenvalue weighted by atomic mass is 16.5. The fraction of sp³-hybridized carbons (Fsp3) is 0.647. The zero-order valence-electron chi connectivity index (χ0n) is 12.5. The molecular formula is C17H27NO. The standard InChI is InChI=1S/C17H27NO/c1-4-14-7-9-15(10-8-14)13-16(18-3)17(2)11-5-6-12-19-17/h7-10,16,18H,4-6,11-13H2,1-3H3. The van der Waals surface area contributed by atoms with Crippen molar-refractivity contribution < 1.29 is 4.74 Å². The Morgan fingerprint density at radius 2 is 1.89 bits per heavy atom. The number of aryl methyl sites for hydroxylation is 1. The van der Waals surface area contributed by atoms with Crippen molar-refractivity contribution in [2.45, 2.75) is 57.6 Å². The number of nitrogens with one attached hydrogen (secondary N) is 1. The van der Waals surface area contributed by atoms with Gasteiger partial charge in [0.05, 0.1) is 5.60 Å². The van der Waals surface area contributed by atoms with E-state index in [0.29, 0.717) is 6.04 Å². The number of ether oxygens (including phenoxy) is 1. The van der Waals surface area contributed by atoms with Crippen LogP contribution in [0.25, 0.3) is 0 Å². The van der Waals surface area contributed by atoms with Gasteiger partial charge in [-0.05, 0) is 57.2 Å². The lowest BCUT2D eigenvalue weighted by Crippen LogP contribution is -2.52. The summed E-state index contributed by atoms with van der Waals surface area (Å²) in [4.78, 5) is 0. The summed E-state index contributed by atoms with van der Waals surface area (Å²) >= 11 is 0. The minimum atomic E-state index is -0.0174. The van der Waals surface area contributed by atoms with Crippen molar-refractivity contribution in [2.24, 2.45) is 0 Å². The molecule has 2 heteroatoms. The Morgan fingerprint density at radius 1 is 1.21 bits per heavy atom. The van der Waals surface area contributed by atoms with Gasteiger partial charge in [-0.2, -0.15) is 0 Å². The maximum absolute atomic E-state index is 6.07. The number of hydrogen-bond acceptors (Lipinski definition) is 2. The summed E-state index contributed by atoms with van der Waals surface area (Å²) in [6, 6.07) is 9.39. The minimum Gasteiger partial charge on any atom is -0.374 e. The number of benzene rings is 1. The van der Waals surface area contributed by atoms with Gasteiger partial charge in [0.25, 0.3) is 0 Å². The average Bonchev–Trinajstić information content (AvgIpc) is 2.46. The lowest BCUT2D eigenvalue weighted by atomic mass is 9.84. The van der Waals surface area contributed by atoms with E-state index in [1.807, 2.05) is 7.05 Å². The van der Waals surface area contributed by atoms with Crippen LogP contribution < -0.4 is 5.32 Å². The van der Waals surface area contributed by atoms with E-state index in [9.17, 15) is 0 Å². The van der Waals surface area contributed by atoms with E-state index in [2.05, 4.69) is 43.4 Å². The van der Waals surface area contributed by atoms with Gasteiger partial charge in [0.2, 0.25) is 0 Å². The summed E-state index contributed by atoms with van der Waals surface area (Å²) in [5.41, 5.74) is 2.79. The first-order chi connectivity index (χ1) is 9.18. The highest BCUT2D eigenvalue weighted by molar-refractivity contribution is 5.23. The average molecular weight is 261 g/mol. The van der Waals surface area contributed by atoms with E-state index in [-0.39, 0.29) is 5.60 Å². The molecule has 0 spiro atoms. The summed E-state index contributed by atoms with van der Waals surface area (Å²) in [5.74, 6) is 0. The number of likely N-dealkylation sites (N-methyl/N-ethyl adjacent to an activating group) is 1. The van der Waals surface area contributed by atoms with Crippen LogP contribution in [0, 0.1) is 0 Å². The first-order valence-corrected chi connectivity index (χ1v) is 7.57. The second-order valence-corrected chi connectivity index (χ2v) is 5.83. The first-order valence-electron chi connectivity index (χ1n) is 7.57. The molecule has 0 amide bonds. The summed E-state index contributed by atoms with van der Waals surface area (Å²) in [6.07, 6.45) is 5.79. The molecule has 1 heterocycles. The minimum absolute atomic E-state index is 0.0174. The lowest BCUT2D eigenvalue weighted by molar-refractivity contribution is -0.0870. The number of rotatable bonds is 5. The van der Waals surface area contributed by atoms with Gasteiger partial charge in [-0.25, -0.2) is 0 Å². The van der Waals surface area contributed by atoms with Crippen LogP contribution in [0.3, 0.4) is 0 Å². The molecule has 2 atom stereocenters. The zero-order valence-corrected chi connectivity index (χ0v) is 12.5. The maximum atomic E-state index is 6.07. The Balaban J connectivity index is 2.04. The molecule has 1 aliphatic rings. The van der Waals surface area contributed by atoms with Gasteiger partial charge < -0.3 is 10.1 Å². The van der Waals surface area contributed by atoms with Crippen LogP contribution in [-0.4, -0.2) is 25.3 Å². The molecule has 1 N–H and O–H groups in total. The van der Waals surface area contributed by atoms with Gasteiger partial charge in [-0.3, -0.25) is 0 Å². The zero-order chi connectivity index (χ0) is 13.7. The van der Waals surface area contributed by atoms with Crippen LogP contribution in [0.5, 0.6) is 0 Å². The third-order valence-electron chi connectivity index (χ3n) is 4.46.